The van der Waals surface area contributed by atoms with E-state index < -0.39 is 17.9 Å². The molecule has 0 unspecified atom stereocenters. The quantitative estimate of drug-likeness (QED) is 0.513. The van der Waals surface area contributed by atoms with Crippen LogP contribution in [-0.4, -0.2) is 29.3 Å². The summed E-state index contributed by atoms with van der Waals surface area (Å²) in [5, 5.41) is 10.3. The average molecular weight is 158 g/mol. The van der Waals surface area contributed by atoms with E-state index in [2.05, 4.69) is 5.32 Å². The van der Waals surface area contributed by atoms with Crippen molar-refractivity contribution in [3.63, 3.8) is 0 Å². The third-order valence-electron chi connectivity index (χ3n) is 0.839. The highest BCUT2D eigenvalue weighted by atomic mass is 16.4. The van der Waals surface area contributed by atoms with Crippen molar-refractivity contribution in [2.45, 2.75) is 13.0 Å². The molecule has 0 saturated heterocycles. The van der Waals surface area contributed by atoms with Crippen LogP contribution in [-0.2, 0) is 14.4 Å². The minimum Gasteiger partial charge on any atom is -0.481 e. The second-order valence-electron chi connectivity index (χ2n) is 1.87. The van der Waals surface area contributed by atoms with Gasteiger partial charge in [-0.1, -0.05) is 0 Å². The molecule has 0 heterocycles. The first-order valence-corrected chi connectivity index (χ1v) is 2.86. The number of hydrogen-bond acceptors (Lipinski definition) is 3. The monoisotopic (exact) mass is 158 g/mol. The summed E-state index contributed by atoms with van der Waals surface area (Å²) < 4.78 is 0. The Morgan fingerprint density at radius 3 is 2.36 bits per heavy atom. The molecule has 0 aromatic rings. The predicted molar refractivity (Wildman–Crippen MR) is 35.6 cm³/mol. The van der Waals surface area contributed by atoms with E-state index in [1.165, 1.54) is 6.92 Å². The smallest absolute Gasteiger partial charge is 0.310 e. The zero-order valence-corrected chi connectivity index (χ0v) is 5.90. The van der Waals surface area contributed by atoms with Crippen molar-refractivity contribution in [3.05, 3.63) is 6.42 Å². The van der Waals surface area contributed by atoms with Gasteiger partial charge in [-0.15, -0.1) is 0 Å². The fourth-order valence-electron chi connectivity index (χ4n) is 0.503. The SMILES string of the molecule is CC(=O)N[C@@H]([CH]C(=O)O)C=O. The molecule has 5 heteroatoms. The third-order valence-corrected chi connectivity index (χ3v) is 0.839. The topological polar surface area (TPSA) is 83.5 Å². The lowest BCUT2D eigenvalue weighted by molar-refractivity contribution is -0.134. The summed E-state index contributed by atoms with van der Waals surface area (Å²) in [4.78, 5) is 30.4. The van der Waals surface area contributed by atoms with Gasteiger partial charge in [0, 0.05) is 6.92 Å². The summed E-state index contributed by atoms with van der Waals surface area (Å²) in [6, 6.07) is -1.04. The number of nitrogens with one attached hydrogen (secondary N) is 1. The van der Waals surface area contributed by atoms with Crippen molar-refractivity contribution in [1.29, 1.82) is 0 Å². The first kappa shape index (κ1) is 9.61. The first-order valence-electron chi connectivity index (χ1n) is 2.86. The van der Waals surface area contributed by atoms with Crippen molar-refractivity contribution in [2.75, 3.05) is 0 Å². The number of carboxylic acids is 1. The van der Waals surface area contributed by atoms with Crippen molar-refractivity contribution in [2.24, 2.45) is 0 Å². The molecule has 0 fully saturated rings. The van der Waals surface area contributed by atoms with Crippen molar-refractivity contribution in [1.82, 2.24) is 5.32 Å². The van der Waals surface area contributed by atoms with Gasteiger partial charge in [0.05, 0.1) is 12.5 Å². The van der Waals surface area contributed by atoms with Gasteiger partial charge in [-0.3, -0.25) is 9.59 Å². The molecule has 0 aromatic heterocycles. The van der Waals surface area contributed by atoms with Gasteiger partial charge in [0.1, 0.15) is 6.29 Å². The van der Waals surface area contributed by atoms with E-state index in [4.69, 9.17) is 5.11 Å². The molecule has 1 radical (unpaired) electrons. The van der Waals surface area contributed by atoms with Gasteiger partial charge < -0.3 is 15.2 Å². The molecule has 5 nitrogen and oxygen atoms in total. The molecule has 1 atom stereocenters. The Hall–Kier alpha value is -1.39. The number of hydrogen-bond donors (Lipinski definition) is 2. The maximum Gasteiger partial charge on any atom is 0.310 e. The van der Waals surface area contributed by atoms with E-state index in [1.54, 1.807) is 0 Å². The summed E-state index contributed by atoms with van der Waals surface area (Å²) in [7, 11) is 0. The number of carbonyl (C=O) groups is 3. The molecule has 0 bridgehead atoms. The molecule has 1 amide bonds. The number of rotatable bonds is 4. The summed E-state index contributed by atoms with van der Waals surface area (Å²) >= 11 is 0. The molecular formula is C6H8NO4. The van der Waals surface area contributed by atoms with Crippen LogP contribution in [0.3, 0.4) is 0 Å². The van der Waals surface area contributed by atoms with Crippen LogP contribution in [0.15, 0.2) is 0 Å². The second kappa shape index (κ2) is 4.43. The Morgan fingerprint density at radius 1 is 1.55 bits per heavy atom. The van der Waals surface area contributed by atoms with E-state index in [0.29, 0.717) is 12.7 Å². The normalized spacial score (nSPS) is 11.7. The average Bonchev–Trinajstić information content (AvgIpc) is 1.84. The number of carbonyl (C=O) groups excluding carboxylic acids is 2. The van der Waals surface area contributed by atoms with Crippen LogP contribution in [0.1, 0.15) is 6.92 Å². The van der Waals surface area contributed by atoms with Crippen LogP contribution < -0.4 is 5.32 Å². The van der Waals surface area contributed by atoms with E-state index in [1.807, 2.05) is 0 Å². The Morgan fingerprint density at radius 2 is 2.09 bits per heavy atom. The fraction of sp³-hybridized carbons (Fsp3) is 0.333. The molecular weight excluding hydrogens is 150 g/mol. The number of aliphatic carboxylic acids is 1. The van der Waals surface area contributed by atoms with Gasteiger partial charge in [-0.25, -0.2) is 0 Å². The highest BCUT2D eigenvalue weighted by molar-refractivity contribution is 5.86. The molecule has 2 N–H and O–H groups in total. The highest BCUT2D eigenvalue weighted by Crippen LogP contribution is 1.85. The molecule has 0 spiro atoms. The number of carboxylic acid groups (broad SMARTS) is 1. The minimum absolute atomic E-state index is 0.343. The fourth-order valence-corrected chi connectivity index (χ4v) is 0.503. The zero-order valence-electron chi connectivity index (χ0n) is 5.90. The Kier molecular flexibility index (Phi) is 3.87. The van der Waals surface area contributed by atoms with Crippen LogP contribution in [0.5, 0.6) is 0 Å². The molecule has 0 aromatic carbocycles. The van der Waals surface area contributed by atoms with Gasteiger partial charge in [-0.05, 0) is 0 Å². The van der Waals surface area contributed by atoms with Crippen LogP contribution >= 0.6 is 0 Å². The number of aldehydes is 1. The minimum atomic E-state index is -1.24. The lowest BCUT2D eigenvalue weighted by Gasteiger charge is -2.06. The van der Waals surface area contributed by atoms with Gasteiger partial charge in [-0.2, -0.15) is 0 Å². The summed E-state index contributed by atoms with van der Waals surface area (Å²) in [6.45, 7) is 1.20. The Labute approximate surface area is 63.4 Å². The van der Waals surface area contributed by atoms with Gasteiger partial charge >= 0.3 is 5.97 Å². The summed E-state index contributed by atoms with van der Waals surface area (Å²) in [6.07, 6.45) is 1.05. The third kappa shape index (κ3) is 5.07. The molecule has 0 aliphatic heterocycles. The van der Waals surface area contributed by atoms with Crippen molar-refractivity contribution in [3.8, 4) is 0 Å². The summed E-state index contributed by atoms with van der Waals surface area (Å²) in [5.74, 6) is -1.68. The van der Waals surface area contributed by atoms with E-state index in [0.717, 1.165) is 0 Å². The lowest BCUT2D eigenvalue weighted by Crippen LogP contribution is -2.36. The first-order chi connectivity index (χ1) is 5.06. The molecule has 0 rings (SSSR count). The van der Waals surface area contributed by atoms with Crippen LogP contribution in [0.4, 0.5) is 0 Å². The number of amides is 1. The highest BCUT2D eigenvalue weighted by Gasteiger charge is 2.12. The molecule has 11 heavy (non-hydrogen) atoms. The van der Waals surface area contributed by atoms with E-state index >= 15 is 0 Å². The van der Waals surface area contributed by atoms with Crippen molar-refractivity contribution >= 4 is 18.2 Å². The lowest BCUT2D eigenvalue weighted by atomic mass is 10.2. The molecule has 61 valence electrons. The largest absolute Gasteiger partial charge is 0.481 e. The Balaban J connectivity index is 3.85. The Bertz CT molecular complexity index is 161. The maximum absolute atomic E-state index is 10.3. The van der Waals surface area contributed by atoms with E-state index in [-0.39, 0.29) is 0 Å². The molecule has 0 aliphatic rings. The van der Waals surface area contributed by atoms with Gasteiger partial charge in [0.2, 0.25) is 5.91 Å². The van der Waals surface area contributed by atoms with Gasteiger partial charge in [0.15, 0.2) is 0 Å². The van der Waals surface area contributed by atoms with Crippen LogP contribution in [0.25, 0.3) is 0 Å². The zero-order chi connectivity index (χ0) is 8.85. The standard InChI is InChI=1S/C6H8NO4/c1-4(9)7-5(3-8)2-6(10)11/h2-3,5H,1H3,(H,7,9)(H,10,11)/t5-/m0/s1. The van der Waals surface area contributed by atoms with Crippen molar-refractivity contribution < 1.29 is 19.5 Å². The molecule has 0 saturated carbocycles. The van der Waals surface area contributed by atoms with Gasteiger partial charge in [0.25, 0.3) is 0 Å². The van der Waals surface area contributed by atoms with Crippen LogP contribution in [0, 0.1) is 6.42 Å². The maximum atomic E-state index is 10.3. The predicted octanol–water partition coefficient (Wildman–Crippen LogP) is -1.02. The summed E-state index contributed by atoms with van der Waals surface area (Å²) in [5.41, 5.74) is 0. The van der Waals surface area contributed by atoms with E-state index in [9.17, 15) is 14.4 Å². The second-order valence-corrected chi connectivity index (χ2v) is 1.87. The molecule has 0 aliphatic carbocycles. The van der Waals surface area contributed by atoms with Crippen LogP contribution in [0.2, 0.25) is 0 Å².